The summed E-state index contributed by atoms with van der Waals surface area (Å²) < 4.78 is 15.0. The van der Waals surface area contributed by atoms with E-state index in [2.05, 4.69) is 10.00 Å². The number of piperazine rings is 1. The van der Waals surface area contributed by atoms with Crippen molar-refractivity contribution < 1.29 is 14.1 Å². The van der Waals surface area contributed by atoms with Crippen LogP contribution in [0.15, 0.2) is 36.5 Å². The summed E-state index contributed by atoms with van der Waals surface area (Å²) in [6, 6.07) is 7.94. The number of benzene rings is 1. The van der Waals surface area contributed by atoms with Crippen molar-refractivity contribution >= 4 is 11.7 Å². The van der Waals surface area contributed by atoms with Crippen molar-refractivity contribution in [3.63, 3.8) is 0 Å². The molecule has 3 rings (SSSR count). The fourth-order valence-corrected chi connectivity index (χ4v) is 2.80. The molecule has 8 nitrogen and oxygen atoms in total. The molecule has 0 bridgehead atoms. The van der Waals surface area contributed by atoms with E-state index < -0.39 is 4.92 Å². The summed E-state index contributed by atoms with van der Waals surface area (Å²) in [6.07, 6.45) is 1.42. The van der Waals surface area contributed by atoms with Gasteiger partial charge in [0.05, 0.1) is 17.4 Å². The number of hydrogen-bond donors (Lipinski definition) is 0. The van der Waals surface area contributed by atoms with E-state index in [1.807, 2.05) is 6.07 Å². The molecule has 0 radical (unpaired) electrons. The maximum Gasteiger partial charge on any atom is 0.389 e. The number of amides is 1. The first-order valence-corrected chi connectivity index (χ1v) is 7.94. The summed E-state index contributed by atoms with van der Waals surface area (Å²) in [6.45, 7) is 2.87. The van der Waals surface area contributed by atoms with Crippen LogP contribution in [0.1, 0.15) is 5.56 Å². The maximum atomic E-state index is 13.7. The molecule has 2 heterocycles. The quantitative estimate of drug-likeness (QED) is 0.601. The van der Waals surface area contributed by atoms with Gasteiger partial charge in [-0.25, -0.2) is 4.39 Å². The Morgan fingerprint density at radius 1 is 1.20 bits per heavy atom. The lowest BCUT2D eigenvalue weighted by Gasteiger charge is -2.34. The second-order valence-corrected chi connectivity index (χ2v) is 5.88. The number of nitro groups is 1. The first kappa shape index (κ1) is 17.0. The van der Waals surface area contributed by atoms with Gasteiger partial charge < -0.3 is 15.0 Å². The molecule has 1 aliphatic heterocycles. The minimum Gasteiger partial charge on any atom is -0.358 e. The molecular formula is C16H18FN5O3. The van der Waals surface area contributed by atoms with Crippen molar-refractivity contribution in [2.45, 2.75) is 13.1 Å². The molecule has 1 saturated heterocycles. The highest BCUT2D eigenvalue weighted by molar-refractivity contribution is 5.76. The summed E-state index contributed by atoms with van der Waals surface area (Å²) in [7, 11) is 0. The van der Waals surface area contributed by atoms with Gasteiger partial charge in [0.15, 0.2) is 0 Å². The zero-order valence-electron chi connectivity index (χ0n) is 13.5. The third kappa shape index (κ3) is 4.18. The lowest BCUT2D eigenvalue weighted by atomic mass is 10.2. The van der Waals surface area contributed by atoms with Gasteiger partial charge in [-0.2, -0.15) is 4.68 Å². The molecule has 0 spiro atoms. The molecule has 1 aromatic carbocycles. The maximum absolute atomic E-state index is 13.7. The summed E-state index contributed by atoms with van der Waals surface area (Å²) >= 11 is 0. The number of nitrogens with zero attached hydrogens (tertiary/aromatic N) is 5. The number of halogens is 1. The second-order valence-electron chi connectivity index (χ2n) is 5.88. The van der Waals surface area contributed by atoms with Crippen LogP contribution < -0.4 is 0 Å². The molecule has 1 aliphatic rings. The Labute approximate surface area is 143 Å². The highest BCUT2D eigenvalue weighted by atomic mass is 19.1. The Morgan fingerprint density at radius 2 is 1.92 bits per heavy atom. The smallest absolute Gasteiger partial charge is 0.358 e. The van der Waals surface area contributed by atoms with Gasteiger partial charge in [-0.05, 0) is 11.0 Å². The van der Waals surface area contributed by atoms with E-state index in [1.54, 1.807) is 17.0 Å². The van der Waals surface area contributed by atoms with Gasteiger partial charge in [0.25, 0.3) is 0 Å². The van der Waals surface area contributed by atoms with Crippen molar-refractivity contribution in [2.75, 3.05) is 26.2 Å². The van der Waals surface area contributed by atoms with Crippen molar-refractivity contribution in [1.29, 1.82) is 0 Å². The minimum absolute atomic E-state index is 0.0266. The zero-order chi connectivity index (χ0) is 17.8. The molecule has 9 heteroatoms. The van der Waals surface area contributed by atoms with Crippen LogP contribution in [0, 0.1) is 15.9 Å². The standard InChI is InChI=1S/C16H18FN5O3/c17-14-4-2-1-3-13(14)11-19-7-9-20(10-8-19)16(23)12-21-6-5-15(18-21)22(24)25/h1-6H,7-12H2. The fraction of sp³-hybridized carbons (Fsp3) is 0.375. The minimum atomic E-state index is -0.595. The lowest BCUT2D eigenvalue weighted by Crippen LogP contribution is -2.49. The van der Waals surface area contributed by atoms with E-state index in [0.29, 0.717) is 38.3 Å². The largest absolute Gasteiger partial charge is 0.389 e. The molecule has 25 heavy (non-hydrogen) atoms. The molecule has 1 amide bonds. The Bertz CT molecular complexity index is 771. The van der Waals surface area contributed by atoms with E-state index in [1.165, 1.54) is 23.0 Å². The van der Waals surface area contributed by atoms with Crippen molar-refractivity contribution in [1.82, 2.24) is 19.6 Å². The third-order valence-electron chi connectivity index (χ3n) is 4.19. The second kappa shape index (κ2) is 7.39. The van der Waals surface area contributed by atoms with Gasteiger partial charge in [-0.1, -0.05) is 18.2 Å². The predicted octanol–water partition coefficient (Wildman–Crippen LogP) is 1.27. The van der Waals surface area contributed by atoms with Crippen LogP contribution in [0.25, 0.3) is 0 Å². The van der Waals surface area contributed by atoms with Crippen LogP contribution >= 0.6 is 0 Å². The number of hydrogen-bond acceptors (Lipinski definition) is 5. The van der Waals surface area contributed by atoms with Gasteiger partial charge in [-0.3, -0.25) is 9.69 Å². The van der Waals surface area contributed by atoms with Crippen LogP contribution in [0.2, 0.25) is 0 Å². The van der Waals surface area contributed by atoms with Gasteiger partial charge >= 0.3 is 5.82 Å². The highest BCUT2D eigenvalue weighted by Crippen LogP contribution is 2.12. The molecule has 1 fully saturated rings. The molecule has 2 aromatic rings. The molecule has 0 atom stereocenters. The van der Waals surface area contributed by atoms with Gasteiger partial charge in [0.2, 0.25) is 5.91 Å². The van der Waals surface area contributed by atoms with Crippen molar-refractivity contribution in [3.05, 3.63) is 58.0 Å². The van der Waals surface area contributed by atoms with E-state index in [-0.39, 0.29) is 24.1 Å². The fourth-order valence-electron chi connectivity index (χ4n) is 2.80. The van der Waals surface area contributed by atoms with E-state index in [9.17, 15) is 19.3 Å². The van der Waals surface area contributed by atoms with Crippen LogP contribution in [0.3, 0.4) is 0 Å². The highest BCUT2D eigenvalue weighted by Gasteiger charge is 2.23. The summed E-state index contributed by atoms with van der Waals surface area (Å²) in [4.78, 5) is 26.1. The molecule has 0 unspecified atom stereocenters. The normalized spacial score (nSPS) is 15.3. The number of carbonyl (C=O) groups excluding carboxylic acids is 1. The first-order chi connectivity index (χ1) is 12.0. The Hall–Kier alpha value is -2.81. The zero-order valence-corrected chi connectivity index (χ0v) is 13.5. The van der Waals surface area contributed by atoms with Gasteiger partial charge in [-0.15, -0.1) is 0 Å². The average molecular weight is 347 g/mol. The topological polar surface area (TPSA) is 84.5 Å². The monoisotopic (exact) mass is 347 g/mol. The number of rotatable bonds is 5. The van der Waals surface area contributed by atoms with E-state index >= 15 is 0 Å². The molecular weight excluding hydrogens is 329 g/mol. The predicted molar refractivity (Wildman–Crippen MR) is 87.1 cm³/mol. The first-order valence-electron chi connectivity index (χ1n) is 7.94. The molecule has 0 aliphatic carbocycles. The third-order valence-corrected chi connectivity index (χ3v) is 4.19. The van der Waals surface area contributed by atoms with E-state index in [4.69, 9.17) is 0 Å². The number of carbonyl (C=O) groups is 1. The van der Waals surface area contributed by atoms with E-state index in [0.717, 1.165) is 0 Å². The molecule has 132 valence electrons. The van der Waals surface area contributed by atoms with Gasteiger partial charge in [0.1, 0.15) is 12.4 Å². The van der Waals surface area contributed by atoms with Crippen molar-refractivity contribution in [3.8, 4) is 0 Å². The SMILES string of the molecule is O=C(Cn1ccc([N+](=O)[O-])n1)N1CCN(Cc2ccccc2F)CC1. The molecule has 0 saturated carbocycles. The number of aromatic nitrogens is 2. The Balaban J connectivity index is 1.50. The van der Waals surface area contributed by atoms with Crippen LogP contribution in [0.5, 0.6) is 0 Å². The van der Waals surface area contributed by atoms with Crippen LogP contribution in [0.4, 0.5) is 10.2 Å². The summed E-state index contributed by atoms with van der Waals surface area (Å²) in [5, 5.41) is 14.4. The molecule has 0 N–H and O–H groups in total. The summed E-state index contributed by atoms with van der Waals surface area (Å²) in [5.74, 6) is -0.632. The Kier molecular flexibility index (Phi) is 5.03. The lowest BCUT2D eigenvalue weighted by molar-refractivity contribution is -0.389. The van der Waals surface area contributed by atoms with Crippen LogP contribution in [-0.2, 0) is 17.9 Å². The average Bonchev–Trinajstić information content (AvgIpc) is 3.06. The Morgan fingerprint density at radius 3 is 2.56 bits per heavy atom. The van der Waals surface area contributed by atoms with Crippen LogP contribution in [-0.4, -0.2) is 56.6 Å². The molecule has 1 aromatic heterocycles. The van der Waals surface area contributed by atoms with Gasteiger partial charge in [0, 0.05) is 38.3 Å². The summed E-state index contributed by atoms with van der Waals surface area (Å²) in [5.41, 5.74) is 0.645. The van der Waals surface area contributed by atoms with Crippen molar-refractivity contribution in [2.24, 2.45) is 0 Å².